The van der Waals surface area contributed by atoms with E-state index in [1.807, 2.05) is 0 Å². The molecular formula is C19H21BF3NO5. The van der Waals surface area contributed by atoms with Crippen molar-refractivity contribution in [3.05, 3.63) is 53.6 Å². The van der Waals surface area contributed by atoms with Crippen molar-refractivity contribution in [1.82, 2.24) is 5.32 Å². The number of ether oxygens (including phenoxy) is 1. The Bertz CT molecular complexity index is 810. The molecule has 1 heterocycles. The fraction of sp³-hybridized carbons (Fsp3) is 0.368. The molecule has 0 aromatic heterocycles. The van der Waals surface area contributed by atoms with Crippen LogP contribution in [0.1, 0.15) is 35.7 Å². The van der Waals surface area contributed by atoms with Crippen LogP contribution >= 0.6 is 0 Å². The van der Waals surface area contributed by atoms with E-state index < -0.39 is 44.0 Å². The molecule has 0 saturated heterocycles. The normalized spacial score (nSPS) is 16.2. The molecule has 1 amide bonds. The van der Waals surface area contributed by atoms with E-state index >= 15 is 0 Å². The second-order valence-corrected chi connectivity index (χ2v) is 6.53. The Balaban J connectivity index is 2.05. The lowest BCUT2D eigenvalue weighted by molar-refractivity contribution is -0.144. The molecule has 0 fully saturated rings. The van der Waals surface area contributed by atoms with Crippen LogP contribution in [-0.4, -0.2) is 42.7 Å². The summed E-state index contributed by atoms with van der Waals surface area (Å²) in [6.07, 6.45) is -2.92. The summed E-state index contributed by atoms with van der Waals surface area (Å²) in [5.74, 6) is -2.35. The smallest absolute Gasteiger partial charge is 0.534 e. The molecule has 1 aromatic rings. The van der Waals surface area contributed by atoms with Crippen LogP contribution in [0.3, 0.4) is 0 Å². The topological polar surface area (TPSA) is 84.9 Å². The first-order valence-corrected chi connectivity index (χ1v) is 8.91. The van der Waals surface area contributed by atoms with E-state index in [4.69, 9.17) is 9.39 Å². The van der Waals surface area contributed by atoms with E-state index in [1.54, 1.807) is 31.2 Å². The van der Waals surface area contributed by atoms with Gasteiger partial charge in [0.15, 0.2) is 0 Å². The van der Waals surface area contributed by atoms with E-state index in [0.29, 0.717) is 11.1 Å². The number of para-hydroxylation sites is 1. The van der Waals surface area contributed by atoms with Gasteiger partial charge in [0, 0.05) is 6.42 Å². The molecule has 0 aliphatic carbocycles. The van der Waals surface area contributed by atoms with Crippen molar-refractivity contribution in [3.8, 4) is 5.75 Å². The maximum atomic E-state index is 12.3. The third-order valence-electron chi connectivity index (χ3n) is 4.11. The molecule has 156 valence electrons. The van der Waals surface area contributed by atoms with Crippen LogP contribution in [0.15, 0.2) is 42.5 Å². The van der Waals surface area contributed by atoms with Crippen molar-refractivity contribution < 1.29 is 37.2 Å². The summed E-state index contributed by atoms with van der Waals surface area (Å²) in [5, 5.41) is 12.5. The number of halogens is 3. The standard InChI is InChI=1S/C19H21BF3NO5/c1-3-5-12(2)11-28-18(26)14-7-4-6-13-10-15(20(27)29-17(13)14)24-16(25)8-9-19(21,22)23/h3-7,15,27H,2,8-11H2,1H3,(H,24,25)/b5-3-/t15-/m0/s1. The van der Waals surface area contributed by atoms with Gasteiger partial charge < -0.3 is 19.7 Å². The molecular weight excluding hydrogens is 390 g/mol. The van der Waals surface area contributed by atoms with Gasteiger partial charge in [0.2, 0.25) is 5.91 Å². The fourth-order valence-electron chi connectivity index (χ4n) is 2.76. The average Bonchev–Trinajstić information content (AvgIpc) is 2.64. The molecule has 6 nitrogen and oxygen atoms in total. The highest BCUT2D eigenvalue weighted by Crippen LogP contribution is 2.31. The first kappa shape index (κ1) is 22.5. The number of nitrogens with one attached hydrogen (secondary N) is 1. The van der Waals surface area contributed by atoms with Crippen LogP contribution in [0.2, 0.25) is 0 Å². The number of hydrogen-bond donors (Lipinski definition) is 2. The summed E-state index contributed by atoms with van der Waals surface area (Å²) in [5.41, 5.74) is 1.20. The summed E-state index contributed by atoms with van der Waals surface area (Å²) < 4.78 is 47.3. The summed E-state index contributed by atoms with van der Waals surface area (Å²) in [6, 6.07) is 4.68. The van der Waals surface area contributed by atoms with Crippen LogP contribution in [0.25, 0.3) is 0 Å². The number of carbonyl (C=O) groups excluding carboxylic acids is 2. The monoisotopic (exact) mass is 411 g/mol. The lowest BCUT2D eigenvalue weighted by atomic mass is 9.72. The predicted octanol–water partition coefficient (Wildman–Crippen LogP) is 2.76. The summed E-state index contributed by atoms with van der Waals surface area (Å²) >= 11 is 0. The second-order valence-electron chi connectivity index (χ2n) is 6.53. The highest BCUT2D eigenvalue weighted by Gasteiger charge is 2.38. The first-order valence-electron chi connectivity index (χ1n) is 8.91. The van der Waals surface area contributed by atoms with E-state index in [0.717, 1.165) is 0 Å². The molecule has 0 radical (unpaired) electrons. The highest BCUT2D eigenvalue weighted by atomic mass is 19.4. The molecule has 2 rings (SSSR count). The zero-order valence-corrected chi connectivity index (χ0v) is 15.8. The van der Waals surface area contributed by atoms with Crippen molar-refractivity contribution in [3.63, 3.8) is 0 Å². The lowest BCUT2D eigenvalue weighted by Gasteiger charge is -2.29. The SMILES string of the molecule is C=C(/C=C\C)COC(=O)c1cccc2c1OB(O)[C@@H](NC(=O)CCC(F)(F)F)C2. The lowest BCUT2D eigenvalue weighted by Crippen LogP contribution is -2.53. The predicted molar refractivity (Wildman–Crippen MR) is 100 cm³/mol. The van der Waals surface area contributed by atoms with Gasteiger partial charge in [-0.1, -0.05) is 30.9 Å². The number of alkyl halides is 3. The number of benzene rings is 1. The molecule has 1 aliphatic rings. The van der Waals surface area contributed by atoms with Crippen molar-refractivity contribution in [2.75, 3.05) is 6.61 Å². The van der Waals surface area contributed by atoms with Crippen LogP contribution in [-0.2, 0) is 16.0 Å². The molecule has 0 bridgehead atoms. The van der Waals surface area contributed by atoms with Crippen LogP contribution in [0.5, 0.6) is 5.75 Å². The van der Waals surface area contributed by atoms with E-state index in [9.17, 15) is 27.8 Å². The Hall–Kier alpha value is -2.75. The van der Waals surface area contributed by atoms with E-state index in [2.05, 4.69) is 11.9 Å². The minimum Gasteiger partial charge on any atom is -0.534 e. The Labute approximate surface area is 166 Å². The van der Waals surface area contributed by atoms with Gasteiger partial charge in [-0.15, -0.1) is 0 Å². The maximum Gasteiger partial charge on any atom is 0.547 e. The van der Waals surface area contributed by atoms with Gasteiger partial charge in [-0.05, 0) is 30.5 Å². The number of esters is 1. The Morgan fingerprint density at radius 1 is 1.45 bits per heavy atom. The van der Waals surface area contributed by atoms with Gasteiger partial charge in [0.05, 0.1) is 12.4 Å². The van der Waals surface area contributed by atoms with Gasteiger partial charge in [-0.25, -0.2) is 4.79 Å². The van der Waals surface area contributed by atoms with E-state index in [1.165, 1.54) is 6.07 Å². The van der Waals surface area contributed by atoms with Crippen molar-refractivity contribution in [2.24, 2.45) is 0 Å². The molecule has 2 N–H and O–H groups in total. The van der Waals surface area contributed by atoms with Crippen LogP contribution < -0.4 is 9.97 Å². The Morgan fingerprint density at radius 3 is 2.83 bits per heavy atom. The number of amides is 1. The fourth-order valence-corrected chi connectivity index (χ4v) is 2.76. The van der Waals surface area contributed by atoms with Gasteiger partial charge in [0.1, 0.15) is 17.9 Å². The van der Waals surface area contributed by atoms with Gasteiger partial charge in [-0.3, -0.25) is 4.79 Å². The molecule has 10 heteroatoms. The summed E-state index contributed by atoms with van der Waals surface area (Å²) in [4.78, 5) is 24.1. The van der Waals surface area contributed by atoms with Crippen LogP contribution in [0, 0.1) is 0 Å². The first-order chi connectivity index (χ1) is 13.6. The minimum atomic E-state index is -4.45. The number of rotatable bonds is 7. The number of allylic oxidation sites excluding steroid dienone is 1. The third-order valence-corrected chi connectivity index (χ3v) is 4.11. The molecule has 1 aliphatic heterocycles. The molecule has 0 saturated carbocycles. The van der Waals surface area contributed by atoms with Crippen molar-refractivity contribution >= 4 is 19.0 Å². The molecule has 29 heavy (non-hydrogen) atoms. The Kier molecular flexibility index (Phi) is 7.50. The molecule has 0 unspecified atom stereocenters. The number of carbonyl (C=O) groups is 2. The van der Waals surface area contributed by atoms with Gasteiger partial charge in [-0.2, -0.15) is 13.2 Å². The van der Waals surface area contributed by atoms with Gasteiger partial charge >= 0.3 is 19.3 Å². The van der Waals surface area contributed by atoms with Gasteiger partial charge in [0.25, 0.3) is 0 Å². The molecule has 0 spiro atoms. The maximum absolute atomic E-state index is 12.3. The highest BCUT2D eigenvalue weighted by molar-refractivity contribution is 6.47. The third kappa shape index (κ3) is 6.67. The average molecular weight is 411 g/mol. The molecule has 1 aromatic carbocycles. The number of fused-ring (bicyclic) bond motifs is 1. The zero-order valence-electron chi connectivity index (χ0n) is 15.8. The summed E-state index contributed by atoms with van der Waals surface area (Å²) in [7, 11) is -1.52. The summed E-state index contributed by atoms with van der Waals surface area (Å²) in [6.45, 7) is 5.51. The zero-order chi connectivity index (χ0) is 21.6. The van der Waals surface area contributed by atoms with Crippen molar-refractivity contribution in [1.29, 1.82) is 0 Å². The molecule has 1 atom stereocenters. The quantitative estimate of drug-likeness (QED) is 0.410. The van der Waals surface area contributed by atoms with Crippen LogP contribution in [0.4, 0.5) is 13.2 Å². The van der Waals surface area contributed by atoms with E-state index in [-0.39, 0.29) is 24.3 Å². The minimum absolute atomic E-state index is 0.0206. The Morgan fingerprint density at radius 2 is 2.17 bits per heavy atom. The second kappa shape index (κ2) is 9.64. The number of hydrogen-bond acceptors (Lipinski definition) is 5. The van der Waals surface area contributed by atoms with Crippen molar-refractivity contribution in [2.45, 2.75) is 38.3 Å². The largest absolute Gasteiger partial charge is 0.547 e.